The average molecular weight is 424 g/mol. The van der Waals surface area contributed by atoms with Crippen molar-refractivity contribution < 1.29 is 19.3 Å². The van der Waals surface area contributed by atoms with Crippen LogP contribution in [-0.4, -0.2) is 39.6 Å². The lowest BCUT2D eigenvalue weighted by Gasteiger charge is -2.21. The van der Waals surface area contributed by atoms with Crippen molar-refractivity contribution in [2.75, 3.05) is 6.61 Å². The van der Waals surface area contributed by atoms with E-state index in [1.165, 1.54) is 12.3 Å². The van der Waals surface area contributed by atoms with E-state index in [9.17, 15) is 14.7 Å². The highest BCUT2D eigenvalue weighted by molar-refractivity contribution is 5.14. The summed E-state index contributed by atoms with van der Waals surface area (Å²) in [5.41, 5.74) is 0.775. The van der Waals surface area contributed by atoms with Crippen LogP contribution in [0.1, 0.15) is 17.4 Å². The highest BCUT2D eigenvalue weighted by Gasteiger charge is 2.46. The van der Waals surface area contributed by atoms with Crippen molar-refractivity contribution >= 4 is 0 Å². The van der Waals surface area contributed by atoms with Crippen molar-refractivity contribution in [1.82, 2.24) is 9.55 Å². The molecular weight excluding hydrogens is 400 g/mol. The minimum atomic E-state index is -1.13. The Labute approximate surface area is 178 Å². The Bertz CT molecular complexity index is 1080. The lowest BCUT2D eigenvalue weighted by molar-refractivity contribution is -0.0833. The molecule has 0 amide bonds. The first kappa shape index (κ1) is 21.2. The second-order valence-electron chi connectivity index (χ2n) is 7.34. The molecule has 2 aromatic carbocycles. The zero-order chi connectivity index (χ0) is 21.6. The van der Waals surface area contributed by atoms with Crippen LogP contribution in [0.15, 0.2) is 82.5 Å². The molecule has 1 saturated heterocycles. The highest BCUT2D eigenvalue weighted by atomic mass is 16.6. The number of aliphatic hydroxyl groups is 1. The molecule has 1 fully saturated rings. The number of ether oxygens (including phenoxy) is 3. The molecule has 8 nitrogen and oxygen atoms in total. The molecule has 0 aliphatic carbocycles. The third kappa shape index (κ3) is 5.18. The first-order valence-electron chi connectivity index (χ1n) is 10.0. The minimum absolute atomic E-state index is 0.167. The summed E-state index contributed by atoms with van der Waals surface area (Å²) in [6.45, 7) is 0.819. The van der Waals surface area contributed by atoms with Crippen LogP contribution in [0.25, 0.3) is 0 Å². The molecule has 1 aliphatic rings. The SMILES string of the molecule is O=c1ccn([C@@H]2O[C@H](COCc3ccccc3)[C@@H](OCc3ccccc3)[C@H]2O)c(=O)[nH]1. The Morgan fingerprint density at radius 2 is 1.58 bits per heavy atom. The average Bonchev–Trinajstić information content (AvgIpc) is 3.09. The zero-order valence-electron chi connectivity index (χ0n) is 16.8. The smallest absolute Gasteiger partial charge is 0.330 e. The molecule has 1 aromatic heterocycles. The quantitative estimate of drug-likeness (QED) is 0.569. The molecule has 0 spiro atoms. The fourth-order valence-corrected chi connectivity index (χ4v) is 3.55. The van der Waals surface area contributed by atoms with E-state index in [4.69, 9.17) is 14.2 Å². The number of rotatable bonds is 8. The van der Waals surface area contributed by atoms with Crippen molar-refractivity contribution in [2.24, 2.45) is 0 Å². The van der Waals surface area contributed by atoms with Gasteiger partial charge in [-0.2, -0.15) is 0 Å². The Kier molecular flexibility index (Phi) is 6.73. The molecule has 1 aliphatic heterocycles. The topological polar surface area (TPSA) is 103 Å². The fraction of sp³-hybridized carbons (Fsp3) is 0.304. The van der Waals surface area contributed by atoms with Gasteiger partial charge in [0, 0.05) is 12.3 Å². The van der Waals surface area contributed by atoms with Crippen LogP contribution in [-0.2, 0) is 27.4 Å². The summed E-state index contributed by atoms with van der Waals surface area (Å²) in [6.07, 6.45) is -2.16. The van der Waals surface area contributed by atoms with Gasteiger partial charge in [0.1, 0.15) is 18.3 Å². The molecule has 3 aromatic rings. The number of nitrogens with one attached hydrogen (secondary N) is 1. The number of hydrogen-bond acceptors (Lipinski definition) is 6. The summed E-state index contributed by atoms with van der Waals surface area (Å²) in [4.78, 5) is 25.8. The van der Waals surface area contributed by atoms with Crippen molar-refractivity contribution in [3.63, 3.8) is 0 Å². The van der Waals surface area contributed by atoms with Crippen LogP contribution in [0.5, 0.6) is 0 Å². The molecule has 0 saturated carbocycles. The van der Waals surface area contributed by atoms with Gasteiger partial charge in [-0.1, -0.05) is 60.7 Å². The third-order valence-electron chi connectivity index (χ3n) is 5.11. The third-order valence-corrected chi connectivity index (χ3v) is 5.11. The van der Waals surface area contributed by atoms with Crippen molar-refractivity contribution in [2.45, 2.75) is 37.8 Å². The Morgan fingerprint density at radius 1 is 0.935 bits per heavy atom. The summed E-state index contributed by atoms with van der Waals surface area (Å²) in [5.74, 6) is 0. The van der Waals surface area contributed by atoms with E-state index in [0.29, 0.717) is 6.61 Å². The molecule has 162 valence electrons. The Hall–Kier alpha value is -3.04. The lowest BCUT2D eigenvalue weighted by atomic mass is 10.1. The number of nitrogens with zero attached hydrogens (tertiary/aromatic N) is 1. The molecule has 0 unspecified atom stereocenters. The molecular formula is C23H24N2O6. The predicted molar refractivity (Wildman–Crippen MR) is 112 cm³/mol. The molecule has 31 heavy (non-hydrogen) atoms. The number of benzene rings is 2. The van der Waals surface area contributed by atoms with E-state index in [2.05, 4.69) is 4.98 Å². The molecule has 4 atom stereocenters. The second-order valence-corrected chi connectivity index (χ2v) is 7.34. The van der Waals surface area contributed by atoms with Gasteiger partial charge in [0.25, 0.3) is 5.56 Å². The van der Waals surface area contributed by atoms with Crippen LogP contribution in [0.3, 0.4) is 0 Å². The van der Waals surface area contributed by atoms with Gasteiger partial charge in [-0.05, 0) is 11.1 Å². The minimum Gasteiger partial charge on any atom is -0.386 e. The normalized spacial score (nSPS) is 23.1. The number of aliphatic hydroxyl groups excluding tert-OH is 1. The number of aromatic amines is 1. The largest absolute Gasteiger partial charge is 0.386 e. The maximum atomic E-state index is 12.2. The standard InChI is InChI=1S/C23H24N2O6/c26-19-11-12-25(23(28)24-19)22-20(27)21(30-14-17-9-5-2-6-10-17)18(31-22)15-29-13-16-7-3-1-4-8-16/h1-12,18,20-22,27H,13-15H2,(H,24,26,28)/t18-,20-,21-,22-/m1/s1. The lowest BCUT2D eigenvalue weighted by Crippen LogP contribution is -2.39. The van der Waals surface area contributed by atoms with Gasteiger partial charge in [-0.3, -0.25) is 14.3 Å². The summed E-state index contributed by atoms with van der Waals surface area (Å²) in [5, 5.41) is 10.9. The van der Waals surface area contributed by atoms with E-state index >= 15 is 0 Å². The predicted octanol–water partition coefficient (Wildman–Crippen LogP) is 1.60. The monoisotopic (exact) mass is 424 g/mol. The maximum absolute atomic E-state index is 12.2. The van der Waals surface area contributed by atoms with E-state index in [0.717, 1.165) is 15.7 Å². The summed E-state index contributed by atoms with van der Waals surface area (Å²) < 4.78 is 18.9. The number of aromatic nitrogens is 2. The van der Waals surface area contributed by atoms with Gasteiger partial charge < -0.3 is 19.3 Å². The first-order chi connectivity index (χ1) is 15.1. The van der Waals surface area contributed by atoms with E-state index in [1.54, 1.807) is 0 Å². The van der Waals surface area contributed by atoms with Crippen molar-refractivity contribution in [3.05, 3.63) is 105 Å². The van der Waals surface area contributed by atoms with Gasteiger partial charge in [-0.25, -0.2) is 4.79 Å². The maximum Gasteiger partial charge on any atom is 0.330 e. The zero-order valence-corrected chi connectivity index (χ0v) is 16.8. The number of H-pyrrole nitrogens is 1. The van der Waals surface area contributed by atoms with Gasteiger partial charge >= 0.3 is 5.69 Å². The first-order valence-corrected chi connectivity index (χ1v) is 10.0. The second kappa shape index (κ2) is 9.84. The van der Waals surface area contributed by atoms with Gasteiger partial charge in [-0.15, -0.1) is 0 Å². The Balaban J connectivity index is 1.49. The van der Waals surface area contributed by atoms with Crippen LogP contribution in [0.4, 0.5) is 0 Å². The van der Waals surface area contributed by atoms with E-state index in [-0.39, 0.29) is 13.2 Å². The van der Waals surface area contributed by atoms with Crippen LogP contribution in [0.2, 0.25) is 0 Å². The molecule has 0 radical (unpaired) electrons. The summed E-state index contributed by atoms with van der Waals surface area (Å²) in [6, 6.07) is 20.5. The van der Waals surface area contributed by atoms with Crippen molar-refractivity contribution in [3.8, 4) is 0 Å². The highest BCUT2D eigenvalue weighted by Crippen LogP contribution is 2.31. The molecule has 0 bridgehead atoms. The van der Waals surface area contributed by atoms with Crippen molar-refractivity contribution in [1.29, 1.82) is 0 Å². The molecule has 8 heteroatoms. The van der Waals surface area contributed by atoms with Crippen LogP contribution in [0, 0.1) is 0 Å². The van der Waals surface area contributed by atoms with E-state index < -0.39 is 35.8 Å². The number of hydrogen-bond donors (Lipinski definition) is 2. The van der Waals surface area contributed by atoms with Crippen LogP contribution < -0.4 is 11.2 Å². The molecule has 2 N–H and O–H groups in total. The van der Waals surface area contributed by atoms with Gasteiger partial charge in [0.05, 0.1) is 19.8 Å². The summed E-state index contributed by atoms with van der Waals surface area (Å²) >= 11 is 0. The van der Waals surface area contributed by atoms with Gasteiger partial charge in [0.2, 0.25) is 0 Å². The molecule has 4 rings (SSSR count). The van der Waals surface area contributed by atoms with Gasteiger partial charge in [0.15, 0.2) is 6.23 Å². The Morgan fingerprint density at radius 3 is 2.23 bits per heavy atom. The summed E-state index contributed by atoms with van der Waals surface area (Å²) in [7, 11) is 0. The van der Waals surface area contributed by atoms with Crippen LogP contribution >= 0.6 is 0 Å². The molecule has 2 heterocycles. The van der Waals surface area contributed by atoms with E-state index in [1.807, 2.05) is 60.7 Å². The fourth-order valence-electron chi connectivity index (χ4n) is 3.55.